The molecule has 1 heterocycles. The molecule has 0 aliphatic rings. The molecule has 1 unspecified atom stereocenters. The van der Waals surface area contributed by atoms with Crippen molar-refractivity contribution in [3.8, 4) is 5.75 Å². The summed E-state index contributed by atoms with van der Waals surface area (Å²) < 4.78 is 16.0. The average Bonchev–Trinajstić information content (AvgIpc) is 2.97. The summed E-state index contributed by atoms with van der Waals surface area (Å²) in [5.74, 6) is 2.03. The first kappa shape index (κ1) is 16.5. The second-order valence-corrected chi connectivity index (χ2v) is 5.30. The Morgan fingerprint density at radius 2 is 2.00 bits per heavy atom. The largest absolute Gasteiger partial charge is 0.492 e. The molecule has 0 bridgehead atoms. The standard InChI is InChI=1S/C16H23N3O3/c1-12-5-7-14(8-6-12)21-10-9-19(3)13(2)16-17-15(11-20-4)18-22-16/h5-8,13H,9-11H2,1-4H3. The number of aromatic nitrogens is 2. The molecule has 6 heteroatoms. The molecule has 0 radical (unpaired) electrons. The van der Waals surface area contributed by atoms with Crippen LogP contribution in [0.3, 0.4) is 0 Å². The van der Waals surface area contributed by atoms with Gasteiger partial charge < -0.3 is 14.0 Å². The number of methoxy groups -OCH3 is 1. The monoisotopic (exact) mass is 305 g/mol. The number of benzene rings is 1. The molecular formula is C16H23N3O3. The molecule has 1 atom stereocenters. The third-order valence-electron chi connectivity index (χ3n) is 3.51. The van der Waals surface area contributed by atoms with Crippen molar-refractivity contribution < 1.29 is 14.0 Å². The first-order valence-electron chi connectivity index (χ1n) is 7.31. The number of hydrogen-bond donors (Lipinski definition) is 0. The highest BCUT2D eigenvalue weighted by atomic mass is 16.5. The van der Waals surface area contributed by atoms with E-state index in [1.165, 1.54) is 5.56 Å². The zero-order valence-corrected chi connectivity index (χ0v) is 13.6. The minimum absolute atomic E-state index is 0.0275. The maximum atomic E-state index is 5.73. The Labute approximate surface area is 131 Å². The first-order valence-corrected chi connectivity index (χ1v) is 7.31. The van der Waals surface area contributed by atoms with Crippen LogP contribution >= 0.6 is 0 Å². The zero-order valence-electron chi connectivity index (χ0n) is 13.6. The van der Waals surface area contributed by atoms with Gasteiger partial charge in [0, 0.05) is 13.7 Å². The summed E-state index contributed by atoms with van der Waals surface area (Å²) in [4.78, 5) is 6.42. The fourth-order valence-electron chi connectivity index (χ4n) is 1.95. The van der Waals surface area contributed by atoms with Crippen molar-refractivity contribution in [1.29, 1.82) is 0 Å². The second kappa shape index (κ2) is 7.91. The number of ether oxygens (including phenoxy) is 2. The normalized spacial score (nSPS) is 12.6. The lowest BCUT2D eigenvalue weighted by Crippen LogP contribution is -2.27. The van der Waals surface area contributed by atoms with Gasteiger partial charge in [-0.3, -0.25) is 4.90 Å². The maximum absolute atomic E-state index is 5.73. The Hall–Kier alpha value is -1.92. The molecule has 0 aliphatic carbocycles. The van der Waals surface area contributed by atoms with Crippen LogP contribution in [0.2, 0.25) is 0 Å². The topological polar surface area (TPSA) is 60.6 Å². The Morgan fingerprint density at radius 3 is 2.68 bits per heavy atom. The molecule has 2 aromatic rings. The fourth-order valence-corrected chi connectivity index (χ4v) is 1.95. The van der Waals surface area contributed by atoms with Gasteiger partial charge in [-0.2, -0.15) is 4.98 Å². The van der Waals surface area contributed by atoms with E-state index in [0.29, 0.717) is 24.9 Å². The Balaban J connectivity index is 1.80. The molecule has 1 aromatic heterocycles. The van der Waals surface area contributed by atoms with Crippen LogP contribution in [0.5, 0.6) is 5.75 Å². The third kappa shape index (κ3) is 4.54. The molecule has 0 N–H and O–H groups in total. The predicted molar refractivity (Wildman–Crippen MR) is 82.7 cm³/mol. The highest BCUT2D eigenvalue weighted by Gasteiger charge is 2.18. The molecule has 6 nitrogen and oxygen atoms in total. The van der Waals surface area contributed by atoms with E-state index >= 15 is 0 Å². The summed E-state index contributed by atoms with van der Waals surface area (Å²) in [5, 5.41) is 3.88. The summed E-state index contributed by atoms with van der Waals surface area (Å²) in [7, 11) is 3.61. The summed E-state index contributed by atoms with van der Waals surface area (Å²) in [6.45, 7) is 5.80. The number of likely N-dealkylation sites (N-methyl/N-ethyl adjacent to an activating group) is 1. The minimum atomic E-state index is 0.0275. The van der Waals surface area contributed by atoms with Gasteiger partial charge in [-0.05, 0) is 33.0 Å². The molecule has 120 valence electrons. The van der Waals surface area contributed by atoms with Crippen molar-refractivity contribution in [3.05, 3.63) is 41.5 Å². The molecule has 0 saturated heterocycles. The van der Waals surface area contributed by atoms with Crippen molar-refractivity contribution in [2.45, 2.75) is 26.5 Å². The van der Waals surface area contributed by atoms with Crippen molar-refractivity contribution >= 4 is 0 Å². The molecule has 0 fully saturated rings. The highest BCUT2D eigenvalue weighted by Crippen LogP contribution is 2.17. The van der Waals surface area contributed by atoms with Gasteiger partial charge in [0.25, 0.3) is 0 Å². The van der Waals surface area contributed by atoms with Gasteiger partial charge in [0.05, 0.1) is 6.04 Å². The lowest BCUT2D eigenvalue weighted by molar-refractivity contribution is 0.169. The molecule has 1 aromatic carbocycles. The van der Waals surface area contributed by atoms with E-state index in [1.807, 2.05) is 38.2 Å². The Morgan fingerprint density at radius 1 is 1.27 bits per heavy atom. The van der Waals surface area contributed by atoms with E-state index in [4.69, 9.17) is 14.0 Å². The van der Waals surface area contributed by atoms with Gasteiger partial charge in [-0.15, -0.1) is 0 Å². The van der Waals surface area contributed by atoms with Gasteiger partial charge >= 0.3 is 0 Å². The van der Waals surface area contributed by atoms with Crippen molar-refractivity contribution in [1.82, 2.24) is 15.0 Å². The van der Waals surface area contributed by atoms with Crippen molar-refractivity contribution in [2.24, 2.45) is 0 Å². The molecule has 0 spiro atoms. The van der Waals surface area contributed by atoms with E-state index in [1.54, 1.807) is 7.11 Å². The SMILES string of the molecule is COCc1noc(C(C)N(C)CCOc2ccc(C)cc2)n1. The Kier molecular flexibility index (Phi) is 5.91. The smallest absolute Gasteiger partial charge is 0.243 e. The van der Waals surface area contributed by atoms with E-state index in [2.05, 4.69) is 22.0 Å². The van der Waals surface area contributed by atoms with Crippen molar-refractivity contribution in [2.75, 3.05) is 27.3 Å². The summed E-state index contributed by atoms with van der Waals surface area (Å²) in [5.41, 5.74) is 1.22. The molecule has 2 rings (SSSR count). The van der Waals surface area contributed by atoms with Crippen LogP contribution in [-0.2, 0) is 11.3 Å². The lowest BCUT2D eigenvalue weighted by atomic mass is 10.2. The molecule has 22 heavy (non-hydrogen) atoms. The van der Waals surface area contributed by atoms with E-state index in [0.717, 1.165) is 12.3 Å². The maximum Gasteiger partial charge on any atom is 0.243 e. The van der Waals surface area contributed by atoms with Crippen LogP contribution in [0.4, 0.5) is 0 Å². The van der Waals surface area contributed by atoms with Crippen LogP contribution in [0, 0.1) is 6.92 Å². The van der Waals surface area contributed by atoms with Crippen LogP contribution < -0.4 is 4.74 Å². The first-order chi connectivity index (χ1) is 10.6. The summed E-state index contributed by atoms with van der Waals surface area (Å²) >= 11 is 0. The highest BCUT2D eigenvalue weighted by molar-refractivity contribution is 5.26. The van der Waals surface area contributed by atoms with Crippen LogP contribution in [0.1, 0.15) is 30.2 Å². The molecule has 0 saturated carbocycles. The number of aryl methyl sites for hydroxylation is 1. The number of rotatable bonds is 8. The van der Waals surface area contributed by atoms with Crippen molar-refractivity contribution in [3.63, 3.8) is 0 Å². The van der Waals surface area contributed by atoms with Crippen LogP contribution in [0.15, 0.2) is 28.8 Å². The predicted octanol–water partition coefficient (Wildman–Crippen LogP) is 2.60. The molecular weight excluding hydrogens is 282 g/mol. The van der Waals surface area contributed by atoms with Gasteiger partial charge in [0.15, 0.2) is 5.82 Å². The summed E-state index contributed by atoms with van der Waals surface area (Å²) in [6, 6.07) is 8.07. The Bertz CT molecular complexity index is 568. The van der Waals surface area contributed by atoms with Gasteiger partial charge in [-0.1, -0.05) is 22.9 Å². The number of nitrogens with zero attached hydrogens (tertiary/aromatic N) is 3. The minimum Gasteiger partial charge on any atom is -0.492 e. The quantitative estimate of drug-likeness (QED) is 0.747. The molecule has 0 amide bonds. The third-order valence-corrected chi connectivity index (χ3v) is 3.51. The van der Waals surface area contributed by atoms with Gasteiger partial charge in [-0.25, -0.2) is 0 Å². The van der Waals surface area contributed by atoms with Gasteiger partial charge in [0.1, 0.15) is 19.0 Å². The summed E-state index contributed by atoms with van der Waals surface area (Å²) in [6.07, 6.45) is 0. The van der Waals surface area contributed by atoms with Crippen LogP contribution in [-0.4, -0.2) is 42.3 Å². The molecule has 0 aliphatic heterocycles. The van der Waals surface area contributed by atoms with E-state index < -0.39 is 0 Å². The lowest BCUT2D eigenvalue weighted by Gasteiger charge is -2.21. The second-order valence-electron chi connectivity index (χ2n) is 5.30. The average molecular weight is 305 g/mol. The number of hydrogen-bond acceptors (Lipinski definition) is 6. The zero-order chi connectivity index (χ0) is 15.9. The fraction of sp³-hybridized carbons (Fsp3) is 0.500. The van der Waals surface area contributed by atoms with E-state index in [9.17, 15) is 0 Å². The van der Waals surface area contributed by atoms with E-state index in [-0.39, 0.29) is 6.04 Å². The van der Waals surface area contributed by atoms with Gasteiger partial charge in [0.2, 0.25) is 5.89 Å². The van der Waals surface area contributed by atoms with Crippen LogP contribution in [0.25, 0.3) is 0 Å².